The number of alkyl halides is 5. The van der Waals surface area contributed by atoms with Crippen LogP contribution in [-0.4, -0.2) is 29.1 Å². The van der Waals surface area contributed by atoms with Crippen LogP contribution in [0.4, 0.5) is 27.6 Å². The van der Waals surface area contributed by atoms with Crippen molar-refractivity contribution in [3.63, 3.8) is 0 Å². The zero-order valence-electron chi connectivity index (χ0n) is 10.1. The number of anilines is 1. The van der Waals surface area contributed by atoms with Crippen LogP contribution in [0.15, 0.2) is 30.3 Å². The first kappa shape index (κ1) is 16.6. The summed E-state index contributed by atoms with van der Waals surface area (Å²) in [5.74, 6) is -9.32. The SMILES string of the molecule is O=C(O)/C=C/c1cccc(NC(=O)C(F)(F)C(F)(F)F)c1. The number of hydrogen-bond donors (Lipinski definition) is 2. The third-order valence-corrected chi connectivity index (χ3v) is 2.20. The van der Waals surface area contributed by atoms with E-state index in [4.69, 9.17) is 5.11 Å². The van der Waals surface area contributed by atoms with Crippen molar-refractivity contribution in [1.29, 1.82) is 0 Å². The van der Waals surface area contributed by atoms with Gasteiger partial charge < -0.3 is 10.4 Å². The molecule has 0 aliphatic heterocycles. The summed E-state index contributed by atoms with van der Waals surface area (Å²) in [6, 6.07) is 4.76. The molecular formula is C12H8F5NO3. The number of benzene rings is 1. The topological polar surface area (TPSA) is 66.4 Å². The summed E-state index contributed by atoms with van der Waals surface area (Å²) in [6.45, 7) is 0. The van der Waals surface area contributed by atoms with Crippen molar-refractivity contribution >= 4 is 23.6 Å². The third kappa shape index (κ3) is 4.26. The number of rotatable bonds is 4. The number of carbonyl (C=O) groups is 2. The molecule has 1 amide bonds. The standard InChI is InChI=1S/C12H8F5NO3/c13-11(14,12(15,16)17)10(21)18-8-3-1-2-7(6-8)4-5-9(19)20/h1-6H,(H,18,21)(H,19,20)/b5-4+. The largest absolute Gasteiger partial charge is 0.478 e. The van der Waals surface area contributed by atoms with E-state index in [-0.39, 0.29) is 11.3 Å². The first-order chi connectivity index (χ1) is 9.54. The van der Waals surface area contributed by atoms with E-state index in [9.17, 15) is 31.5 Å². The van der Waals surface area contributed by atoms with Gasteiger partial charge in [0.1, 0.15) is 0 Å². The minimum atomic E-state index is -6.00. The molecule has 0 saturated heterocycles. The molecular weight excluding hydrogens is 301 g/mol. The zero-order chi connectivity index (χ0) is 16.3. The molecule has 1 aromatic carbocycles. The van der Waals surface area contributed by atoms with Crippen molar-refractivity contribution < 1.29 is 36.6 Å². The minimum absolute atomic E-state index is 0.200. The molecule has 1 rings (SSSR count). The van der Waals surface area contributed by atoms with Gasteiger partial charge in [0.15, 0.2) is 0 Å². The van der Waals surface area contributed by atoms with Gasteiger partial charge in [-0.05, 0) is 23.8 Å². The van der Waals surface area contributed by atoms with E-state index >= 15 is 0 Å². The van der Waals surface area contributed by atoms with Crippen LogP contribution in [0.25, 0.3) is 6.08 Å². The average molecular weight is 309 g/mol. The Kier molecular flexibility index (Phi) is 4.66. The van der Waals surface area contributed by atoms with Crippen molar-refractivity contribution in [3.8, 4) is 0 Å². The molecule has 0 aliphatic rings. The van der Waals surface area contributed by atoms with E-state index in [1.165, 1.54) is 17.4 Å². The maximum Gasteiger partial charge on any atom is 0.463 e. The fraction of sp³-hybridized carbons (Fsp3) is 0.167. The molecule has 2 N–H and O–H groups in total. The summed E-state index contributed by atoms with van der Waals surface area (Å²) >= 11 is 0. The fourth-order valence-electron chi connectivity index (χ4n) is 1.23. The smallest absolute Gasteiger partial charge is 0.463 e. The summed E-state index contributed by atoms with van der Waals surface area (Å²) < 4.78 is 61.4. The number of amides is 1. The lowest BCUT2D eigenvalue weighted by Gasteiger charge is -2.18. The van der Waals surface area contributed by atoms with Gasteiger partial charge in [0.25, 0.3) is 0 Å². The van der Waals surface area contributed by atoms with Gasteiger partial charge in [-0.1, -0.05) is 12.1 Å². The number of halogens is 5. The van der Waals surface area contributed by atoms with E-state index < -0.39 is 24.0 Å². The number of carboxylic acids is 1. The quantitative estimate of drug-likeness (QED) is 0.664. The molecule has 1 aromatic rings. The number of aliphatic carboxylic acids is 1. The predicted octanol–water partition coefficient (Wildman–Crippen LogP) is 2.92. The van der Waals surface area contributed by atoms with Crippen LogP contribution in [0, 0.1) is 0 Å². The van der Waals surface area contributed by atoms with Crippen molar-refractivity contribution in [2.75, 3.05) is 5.32 Å². The number of carbonyl (C=O) groups excluding carboxylic acids is 1. The van der Waals surface area contributed by atoms with Gasteiger partial charge in [0.2, 0.25) is 0 Å². The Morgan fingerprint density at radius 1 is 1.14 bits per heavy atom. The Balaban J connectivity index is 2.92. The molecule has 0 spiro atoms. The maximum atomic E-state index is 12.7. The lowest BCUT2D eigenvalue weighted by Crippen LogP contribution is -2.47. The molecule has 4 nitrogen and oxygen atoms in total. The van der Waals surface area contributed by atoms with Gasteiger partial charge in [-0.2, -0.15) is 22.0 Å². The molecule has 0 saturated carbocycles. The van der Waals surface area contributed by atoms with Crippen LogP contribution in [0.3, 0.4) is 0 Å². The normalized spacial score (nSPS) is 12.4. The Labute approximate surface area is 114 Å². The van der Waals surface area contributed by atoms with Crippen LogP contribution >= 0.6 is 0 Å². The van der Waals surface area contributed by atoms with E-state index in [0.717, 1.165) is 24.3 Å². The molecule has 0 unspecified atom stereocenters. The molecule has 0 bridgehead atoms. The molecule has 0 radical (unpaired) electrons. The highest BCUT2D eigenvalue weighted by atomic mass is 19.4. The molecule has 9 heteroatoms. The van der Waals surface area contributed by atoms with Crippen molar-refractivity contribution in [1.82, 2.24) is 0 Å². The molecule has 0 aromatic heterocycles. The van der Waals surface area contributed by atoms with Crippen LogP contribution in [0.5, 0.6) is 0 Å². The Morgan fingerprint density at radius 2 is 1.76 bits per heavy atom. The summed E-state index contributed by atoms with van der Waals surface area (Å²) in [5.41, 5.74) is -0.123. The lowest BCUT2D eigenvalue weighted by atomic mass is 10.2. The van der Waals surface area contributed by atoms with Crippen molar-refractivity contribution in [2.45, 2.75) is 12.1 Å². The second-order valence-corrected chi connectivity index (χ2v) is 3.82. The first-order valence-electron chi connectivity index (χ1n) is 5.31. The van der Waals surface area contributed by atoms with E-state index in [2.05, 4.69) is 0 Å². The zero-order valence-corrected chi connectivity index (χ0v) is 10.1. The molecule has 0 atom stereocenters. The molecule has 0 fully saturated rings. The van der Waals surface area contributed by atoms with E-state index in [1.807, 2.05) is 0 Å². The molecule has 21 heavy (non-hydrogen) atoms. The highest BCUT2D eigenvalue weighted by Gasteiger charge is 2.63. The Bertz CT molecular complexity index is 581. The van der Waals surface area contributed by atoms with Crippen LogP contribution in [0.2, 0.25) is 0 Å². The van der Waals surface area contributed by atoms with Crippen LogP contribution in [0.1, 0.15) is 5.56 Å². The molecule has 0 heterocycles. The van der Waals surface area contributed by atoms with Crippen LogP contribution < -0.4 is 5.32 Å². The highest BCUT2D eigenvalue weighted by molar-refractivity contribution is 5.97. The molecule has 0 aliphatic carbocycles. The van der Waals surface area contributed by atoms with Crippen LogP contribution in [-0.2, 0) is 9.59 Å². The third-order valence-electron chi connectivity index (χ3n) is 2.20. The second-order valence-electron chi connectivity index (χ2n) is 3.82. The number of hydrogen-bond acceptors (Lipinski definition) is 2. The highest BCUT2D eigenvalue weighted by Crippen LogP contribution is 2.36. The summed E-state index contributed by atoms with van der Waals surface area (Å²) in [5, 5.41) is 9.83. The first-order valence-corrected chi connectivity index (χ1v) is 5.31. The maximum absolute atomic E-state index is 12.7. The van der Waals surface area contributed by atoms with Gasteiger partial charge in [-0.3, -0.25) is 4.79 Å². The van der Waals surface area contributed by atoms with E-state index in [0.29, 0.717) is 0 Å². The Morgan fingerprint density at radius 3 is 2.29 bits per heavy atom. The van der Waals surface area contributed by atoms with Crippen molar-refractivity contribution in [2.24, 2.45) is 0 Å². The van der Waals surface area contributed by atoms with Gasteiger partial charge >= 0.3 is 24.0 Å². The Hall–Kier alpha value is -2.45. The summed E-state index contributed by atoms with van der Waals surface area (Å²) in [7, 11) is 0. The average Bonchev–Trinajstić information content (AvgIpc) is 2.35. The monoisotopic (exact) mass is 309 g/mol. The minimum Gasteiger partial charge on any atom is -0.478 e. The summed E-state index contributed by atoms with van der Waals surface area (Å²) in [4.78, 5) is 21.3. The predicted molar refractivity (Wildman–Crippen MR) is 62.7 cm³/mol. The van der Waals surface area contributed by atoms with Gasteiger partial charge in [0.05, 0.1) is 0 Å². The fourth-order valence-corrected chi connectivity index (χ4v) is 1.23. The lowest BCUT2D eigenvalue weighted by molar-refractivity contribution is -0.267. The van der Waals surface area contributed by atoms with Gasteiger partial charge in [-0.25, -0.2) is 4.79 Å². The number of nitrogens with one attached hydrogen (secondary N) is 1. The van der Waals surface area contributed by atoms with Gasteiger partial charge in [-0.15, -0.1) is 0 Å². The van der Waals surface area contributed by atoms with Crippen molar-refractivity contribution in [3.05, 3.63) is 35.9 Å². The summed E-state index contributed by atoms with van der Waals surface area (Å²) in [6.07, 6.45) is -4.18. The molecule has 114 valence electrons. The second kappa shape index (κ2) is 5.90. The number of carboxylic acid groups (broad SMARTS) is 1. The van der Waals surface area contributed by atoms with E-state index in [1.54, 1.807) is 0 Å². The van der Waals surface area contributed by atoms with Gasteiger partial charge in [0, 0.05) is 11.8 Å².